The summed E-state index contributed by atoms with van der Waals surface area (Å²) in [5, 5.41) is 18.4. The molecular weight excluding hydrogens is 304 g/mol. The summed E-state index contributed by atoms with van der Waals surface area (Å²) in [6, 6.07) is 16.5. The van der Waals surface area contributed by atoms with Gasteiger partial charge in [0.1, 0.15) is 5.75 Å². The van der Waals surface area contributed by atoms with E-state index < -0.39 is 0 Å². The maximum absolute atomic E-state index is 12.6. The van der Waals surface area contributed by atoms with Crippen molar-refractivity contribution in [2.24, 2.45) is 0 Å². The van der Waals surface area contributed by atoms with Crippen LogP contribution in [-0.2, 0) is 13.1 Å². The Morgan fingerprint density at radius 3 is 2.50 bits per heavy atom. The Morgan fingerprint density at radius 2 is 1.71 bits per heavy atom. The van der Waals surface area contributed by atoms with Gasteiger partial charge in [0.05, 0.1) is 12.1 Å². The number of benzene rings is 2. The summed E-state index contributed by atoms with van der Waals surface area (Å²) in [5.74, 6) is 1.38. The van der Waals surface area contributed by atoms with Crippen LogP contribution in [0, 0.1) is 0 Å². The first kappa shape index (κ1) is 14.4. The van der Waals surface area contributed by atoms with Crippen LogP contribution < -0.4 is 0 Å². The van der Waals surface area contributed by atoms with Crippen LogP contribution in [0.1, 0.15) is 16.2 Å². The third-order valence-electron chi connectivity index (χ3n) is 4.21. The second-order valence-corrected chi connectivity index (χ2v) is 5.70. The van der Waals surface area contributed by atoms with Crippen molar-refractivity contribution >= 4 is 5.91 Å². The van der Waals surface area contributed by atoms with Gasteiger partial charge in [-0.1, -0.05) is 42.5 Å². The van der Waals surface area contributed by atoms with Crippen LogP contribution in [0.25, 0.3) is 11.4 Å². The molecule has 24 heavy (non-hydrogen) atoms. The van der Waals surface area contributed by atoms with E-state index in [2.05, 4.69) is 10.2 Å². The molecule has 0 bridgehead atoms. The van der Waals surface area contributed by atoms with Crippen molar-refractivity contribution in [2.75, 3.05) is 6.54 Å². The van der Waals surface area contributed by atoms with Crippen molar-refractivity contribution in [1.29, 1.82) is 0 Å². The van der Waals surface area contributed by atoms with E-state index in [1.54, 1.807) is 23.1 Å². The van der Waals surface area contributed by atoms with Gasteiger partial charge in [-0.3, -0.25) is 4.79 Å². The highest BCUT2D eigenvalue weighted by Crippen LogP contribution is 2.24. The van der Waals surface area contributed by atoms with Gasteiger partial charge in [0.25, 0.3) is 5.91 Å². The summed E-state index contributed by atoms with van der Waals surface area (Å²) in [6.07, 6.45) is 0. The van der Waals surface area contributed by atoms with E-state index in [1.807, 2.05) is 34.9 Å². The second kappa shape index (κ2) is 5.81. The van der Waals surface area contributed by atoms with Gasteiger partial charge in [-0.25, -0.2) is 0 Å². The van der Waals surface area contributed by atoms with Gasteiger partial charge in [0, 0.05) is 18.7 Å². The Bertz CT molecular complexity index is 889. The Morgan fingerprint density at radius 1 is 0.958 bits per heavy atom. The molecule has 1 aliphatic heterocycles. The maximum atomic E-state index is 12.6. The van der Waals surface area contributed by atoms with Crippen LogP contribution in [0.4, 0.5) is 0 Å². The highest BCUT2D eigenvalue weighted by molar-refractivity contribution is 5.96. The quantitative estimate of drug-likeness (QED) is 0.786. The molecule has 1 amide bonds. The Labute approximate surface area is 139 Å². The number of para-hydroxylation sites is 1. The molecule has 2 aromatic carbocycles. The first-order valence-electron chi connectivity index (χ1n) is 7.79. The van der Waals surface area contributed by atoms with E-state index in [4.69, 9.17) is 0 Å². The number of phenols is 1. The summed E-state index contributed by atoms with van der Waals surface area (Å²) >= 11 is 0. The van der Waals surface area contributed by atoms with Gasteiger partial charge in [-0.05, 0) is 12.1 Å². The number of aromatic hydroxyl groups is 1. The van der Waals surface area contributed by atoms with Crippen LogP contribution >= 0.6 is 0 Å². The van der Waals surface area contributed by atoms with E-state index >= 15 is 0 Å². The van der Waals surface area contributed by atoms with Gasteiger partial charge in [-0.2, -0.15) is 0 Å². The van der Waals surface area contributed by atoms with E-state index in [9.17, 15) is 9.90 Å². The van der Waals surface area contributed by atoms with Gasteiger partial charge in [0.15, 0.2) is 11.6 Å². The van der Waals surface area contributed by atoms with E-state index in [0.717, 1.165) is 17.2 Å². The summed E-state index contributed by atoms with van der Waals surface area (Å²) in [5.41, 5.74) is 1.32. The summed E-state index contributed by atoms with van der Waals surface area (Å²) in [7, 11) is 0. The minimum Gasteiger partial charge on any atom is -0.507 e. The number of carbonyl (C=O) groups excluding carboxylic acids is 1. The van der Waals surface area contributed by atoms with E-state index in [1.165, 1.54) is 6.07 Å². The molecule has 1 aliphatic rings. The lowest BCUT2D eigenvalue weighted by Gasteiger charge is -2.28. The van der Waals surface area contributed by atoms with Crippen molar-refractivity contribution in [3.05, 3.63) is 66.0 Å². The molecule has 2 heterocycles. The minimum absolute atomic E-state index is 0.000449. The zero-order valence-corrected chi connectivity index (χ0v) is 13.0. The van der Waals surface area contributed by atoms with Crippen LogP contribution in [0.2, 0.25) is 0 Å². The first-order valence-corrected chi connectivity index (χ1v) is 7.79. The Kier molecular flexibility index (Phi) is 3.49. The van der Waals surface area contributed by atoms with Crippen LogP contribution in [0.5, 0.6) is 5.75 Å². The molecule has 4 rings (SSSR count). The SMILES string of the molecule is O=C(c1ccccc1O)N1CCn2c(nnc2-c2ccccc2)C1. The number of rotatable bonds is 2. The predicted molar refractivity (Wildman–Crippen MR) is 88.3 cm³/mol. The number of amides is 1. The molecule has 0 radical (unpaired) electrons. The van der Waals surface area contributed by atoms with Crippen molar-refractivity contribution in [3.8, 4) is 17.1 Å². The average molecular weight is 320 g/mol. The highest BCUT2D eigenvalue weighted by atomic mass is 16.3. The van der Waals surface area contributed by atoms with Crippen molar-refractivity contribution in [2.45, 2.75) is 13.1 Å². The monoisotopic (exact) mass is 320 g/mol. The Hall–Kier alpha value is -3.15. The molecule has 0 fully saturated rings. The van der Waals surface area contributed by atoms with Gasteiger partial charge >= 0.3 is 0 Å². The maximum Gasteiger partial charge on any atom is 0.258 e. The third-order valence-corrected chi connectivity index (χ3v) is 4.21. The topological polar surface area (TPSA) is 71.2 Å². The number of carbonyl (C=O) groups is 1. The molecule has 0 unspecified atom stereocenters. The van der Waals surface area contributed by atoms with Gasteiger partial charge < -0.3 is 14.6 Å². The molecule has 6 nitrogen and oxygen atoms in total. The lowest BCUT2D eigenvalue weighted by Crippen LogP contribution is -2.38. The molecule has 120 valence electrons. The predicted octanol–water partition coefficient (Wildman–Crippen LogP) is 2.31. The van der Waals surface area contributed by atoms with Crippen molar-refractivity contribution in [1.82, 2.24) is 19.7 Å². The first-order chi connectivity index (χ1) is 11.7. The number of hydrogen-bond acceptors (Lipinski definition) is 4. The molecular formula is C18H16N4O2. The molecule has 3 aromatic rings. The molecule has 0 spiro atoms. The number of phenolic OH excluding ortho intramolecular Hbond substituents is 1. The fourth-order valence-corrected chi connectivity index (χ4v) is 2.96. The van der Waals surface area contributed by atoms with E-state index in [0.29, 0.717) is 25.2 Å². The lowest BCUT2D eigenvalue weighted by molar-refractivity contribution is 0.0705. The minimum atomic E-state index is -0.191. The molecule has 1 aromatic heterocycles. The van der Waals surface area contributed by atoms with Crippen LogP contribution in [0.15, 0.2) is 54.6 Å². The van der Waals surface area contributed by atoms with Crippen molar-refractivity contribution < 1.29 is 9.90 Å². The number of aromatic nitrogens is 3. The van der Waals surface area contributed by atoms with Crippen LogP contribution in [0.3, 0.4) is 0 Å². The second-order valence-electron chi connectivity index (χ2n) is 5.70. The number of fused-ring (bicyclic) bond motifs is 1. The molecule has 6 heteroatoms. The van der Waals surface area contributed by atoms with E-state index in [-0.39, 0.29) is 11.7 Å². The normalized spacial score (nSPS) is 13.6. The van der Waals surface area contributed by atoms with Crippen molar-refractivity contribution in [3.63, 3.8) is 0 Å². The molecule has 0 saturated carbocycles. The number of nitrogens with zero attached hydrogens (tertiary/aromatic N) is 4. The fraction of sp³-hybridized carbons (Fsp3) is 0.167. The molecule has 0 saturated heterocycles. The Balaban J connectivity index is 1.61. The van der Waals surface area contributed by atoms with Crippen LogP contribution in [-0.4, -0.2) is 37.2 Å². The molecule has 1 N–H and O–H groups in total. The molecule has 0 aliphatic carbocycles. The highest BCUT2D eigenvalue weighted by Gasteiger charge is 2.26. The fourth-order valence-electron chi connectivity index (χ4n) is 2.96. The summed E-state index contributed by atoms with van der Waals surface area (Å²) < 4.78 is 2.05. The largest absolute Gasteiger partial charge is 0.507 e. The lowest BCUT2D eigenvalue weighted by atomic mass is 10.1. The number of hydrogen-bond donors (Lipinski definition) is 1. The zero-order chi connectivity index (χ0) is 16.5. The molecule has 0 atom stereocenters. The standard InChI is InChI=1S/C18H16N4O2/c23-15-9-5-4-8-14(15)18(24)21-10-11-22-16(12-21)19-20-17(22)13-6-2-1-3-7-13/h1-9,23H,10-12H2. The summed E-state index contributed by atoms with van der Waals surface area (Å²) in [4.78, 5) is 14.3. The zero-order valence-electron chi connectivity index (χ0n) is 13.0. The van der Waals surface area contributed by atoms with Gasteiger partial charge in [0.2, 0.25) is 0 Å². The van der Waals surface area contributed by atoms with Gasteiger partial charge in [-0.15, -0.1) is 10.2 Å². The average Bonchev–Trinajstić information content (AvgIpc) is 3.05. The smallest absolute Gasteiger partial charge is 0.258 e. The summed E-state index contributed by atoms with van der Waals surface area (Å²) in [6.45, 7) is 1.57. The third kappa shape index (κ3) is 2.42.